The zero-order valence-corrected chi connectivity index (χ0v) is 19.0. The summed E-state index contributed by atoms with van der Waals surface area (Å²) >= 11 is 1.07. The van der Waals surface area contributed by atoms with Gasteiger partial charge in [-0.1, -0.05) is 54.2 Å². The summed E-state index contributed by atoms with van der Waals surface area (Å²) in [6.45, 7) is 1.43. The van der Waals surface area contributed by atoms with E-state index in [0.29, 0.717) is 22.1 Å². The molecule has 1 N–H and O–H groups in total. The minimum Gasteiger partial charge on any atom is -0.325 e. The number of benzene rings is 3. The van der Waals surface area contributed by atoms with E-state index in [2.05, 4.69) is 10.3 Å². The Labute approximate surface area is 200 Å². The van der Waals surface area contributed by atoms with Crippen molar-refractivity contribution in [2.24, 2.45) is 4.99 Å². The number of Topliss-reactive ketones (excluding diaryl/α,β-unsaturated/α-hetero) is 1. The number of nitrogens with one attached hydrogen (secondary N) is 1. The molecule has 0 saturated carbocycles. The number of halogens is 1. The average molecular weight is 474 g/mol. The zero-order chi connectivity index (χ0) is 24.1. The summed E-state index contributed by atoms with van der Waals surface area (Å²) in [5, 5.41) is 3.04. The fourth-order valence-corrected chi connectivity index (χ4v) is 4.15. The molecular weight excluding hydrogens is 453 g/mol. The van der Waals surface area contributed by atoms with Gasteiger partial charge in [0, 0.05) is 5.56 Å². The third-order valence-corrected chi connectivity index (χ3v) is 5.87. The first-order valence-electron chi connectivity index (χ1n) is 10.4. The van der Waals surface area contributed by atoms with Crippen LogP contribution < -0.4 is 10.2 Å². The van der Waals surface area contributed by atoms with Crippen LogP contribution >= 0.6 is 11.8 Å². The maximum Gasteiger partial charge on any atom is 0.283 e. The number of carbonyl (C=O) groups excluding carboxylic acids is 3. The van der Waals surface area contributed by atoms with Crippen molar-refractivity contribution in [1.29, 1.82) is 0 Å². The van der Waals surface area contributed by atoms with E-state index in [0.717, 1.165) is 17.3 Å². The number of hydrogen-bond donors (Lipinski definition) is 1. The zero-order valence-electron chi connectivity index (χ0n) is 18.2. The SMILES string of the molecule is CC(=O)c1ccccc1NC(=O)CSC1=N/C(=C\c2ccccc2)C(=O)N1c1ccc(F)cc1. The van der Waals surface area contributed by atoms with Crippen molar-refractivity contribution in [2.75, 3.05) is 16.0 Å². The van der Waals surface area contributed by atoms with Crippen LogP contribution in [-0.4, -0.2) is 28.5 Å². The van der Waals surface area contributed by atoms with E-state index in [1.807, 2.05) is 30.3 Å². The van der Waals surface area contributed by atoms with Crippen LogP contribution in [0.2, 0.25) is 0 Å². The molecule has 0 saturated heterocycles. The number of thioether (sulfide) groups is 1. The third-order valence-electron chi connectivity index (χ3n) is 4.93. The minimum absolute atomic E-state index is 0.0470. The third kappa shape index (κ3) is 5.29. The molecule has 0 fully saturated rings. The number of nitrogens with zero attached hydrogens (tertiary/aromatic N) is 2. The molecular formula is C26H20FN3O3S. The molecule has 1 aliphatic heterocycles. The molecule has 6 nitrogen and oxygen atoms in total. The molecule has 0 unspecified atom stereocenters. The Kier molecular flexibility index (Phi) is 6.98. The highest BCUT2D eigenvalue weighted by Gasteiger charge is 2.32. The van der Waals surface area contributed by atoms with Gasteiger partial charge in [-0.05, 0) is 55.0 Å². The summed E-state index contributed by atoms with van der Waals surface area (Å²) in [7, 11) is 0. The summed E-state index contributed by atoms with van der Waals surface area (Å²) in [5.74, 6) is -1.36. The lowest BCUT2D eigenvalue weighted by Crippen LogP contribution is -2.31. The molecule has 3 aromatic rings. The first-order valence-corrected chi connectivity index (χ1v) is 11.4. The number of carbonyl (C=O) groups is 3. The Morgan fingerprint density at radius 2 is 1.68 bits per heavy atom. The van der Waals surface area contributed by atoms with Gasteiger partial charge in [-0.2, -0.15) is 0 Å². The molecule has 3 aromatic carbocycles. The van der Waals surface area contributed by atoms with Gasteiger partial charge in [0.25, 0.3) is 5.91 Å². The van der Waals surface area contributed by atoms with E-state index in [4.69, 9.17) is 0 Å². The number of para-hydroxylation sites is 1. The predicted octanol–water partition coefficient (Wildman–Crippen LogP) is 5.14. The highest BCUT2D eigenvalue weighted by Crippen LogP contribution is 2.29. The molecule has 170 valence electrons. The van der Waals surface area contributed by atoms with Gasteiger partial charge in [0.1, 0.15) is 11.5 Å². The number of hydrogen-bond acceptors (Lipinski definition) is 5. The minimum atomic E-state index is -0.426. The second kappa shape index (κ2) is 10.3. The second-order valence-corrected chi connectivity index (χ2v) is 8.33. The molecule has 0 radical (unpaired) electrons. The number of amidine groups is 1. The highest BCUT2D eigenvalue weighted by atomic mass is 32.2. The van der Waals surface area contributed by atoms with Gasteiger partial charge in [-0.15, -0.1) is 0 Å². The van der Waals surface area contributed by atoms with E-state index in [9.17, 15) is 18.8 Å². The van der Waals surface area contributed by atoms with Gasteiger partial charge in [0.2, 0.25) is 5.91 Å². The topological polar surface area (TPSA) is 78.8 Å². The molecule has 0 aromatic heterocycles. The van der Waals surface area contributed by atoms with Gasteiger partial charge in [0.05, 0.1) is 17.1 Å². The van der Waals surface area contributed by atoms with Crippen LogP contribution in [0.4, 0.5) is 15.8 Å². The number of aliphatic imine (C=N–C) groups is 1. The molecule has 1 aliphatic rings. The van der Waals surface area contributed by atoms with Crippen LogP contribution in [0.3, 0.4) is 0 Å². The van der Waals surface area contributed by atoms with Gasteiger partial charge < -0.3 is 5.32 Å². The highest BCUT2D eigenvalue weighted by molar-refractivity contribution is 8.14. The van der Waals surface area contributed by atoms with Crippen molar-refractivity contribution < 1.29 is 18.8 Å². The number of anilines is 2. The van der Waals surface area contributed by atoms with E-state index >= 15 is 0 Å². The molecule has 1 heterocycles. The molecule has 0 bridgehead atoms. The van der Waals surface area contributed by atoms with E-state index in [1.54, 1.807) is 30.3 Å². The lowest BCUT2D eigenvalue weighted by Gasteiger charge is -2.17. The lowest BCUT2D eigenvalue weighted by molar-refractivity contribution is -0.114. The largest absolute Gasteiger partial charge is 0.325 e. The van der Waals surface area contributed by atoms with Crippen molar-refractivity contribution in [3.05, 3.63) is 102 Å². The van der Waals surface area contributed by atoms with E-state index in [1.165, 1.54) is 36.1 Å². The Balaban J connectivity index is 1.56. The maximum absolute atomic E-state index is 13.5. The smallest absolute Gasteiger partial charge is 0.283 e. The van der Waals surface area contributed by atoms with Crippen molar-refractivity contribution in [3.8, 4) is 0 Å². The number of rotatable bonds is 6. The summed E-state index contributed by atoms with van der Waals surface area (Å²) < 4.78 is 13.5. The molecule has 2 amide bonds. The number of ketones is 1. The summed E-state index contributed by atoms with van der Waals surface area (Å²) in [6.07, 6.45) is 1.66. The molecule has 34 heavy (non-hydrogen) atoms. The Hall–Kier alpha value is -4.04. The Morgan fingerprint density at radius 3 is 2.38 bits per heavy atom. The second-order valence-electron chi connectivity index (χ2n) is 7.39. The van der Waals surface area contributed by atoms with Crippen molar-refractivity contribution in [2.45, 2.75) is 6.92 Å². The van der Waals surface area contributed by atoms with Crippen molar-refractivity contribution >= 4 is 52.0 Å². The van der Waals surface area contributed by atoms with Gasteiger partial charge in [-0.25, -0.2) is 9.38 Å². The molecule has 0 aliphatic carbocycles. The van der Waals surface area contributed by atoms with Crippen molar-refractivity contribution in [1.82, 2.24) is 0 Å². The maximum atomic E-state index is 13.5. The summed E-state index contributed by atoms with van der Waals surface area (Å²) in [5.41, 5.74) is 2.29. The van der Waals surface area contributed by atoms with E-state index in [-0.39, 0.29) is 29.0 Å². The summed E-state index contributed by atoms with van der Waals surface area (Å²) in [6, 6.07) is 21.5. The number of amides is 2. The van der Waals surface area contributed by atoms with E-state index < -0.39 is 5.82 Å². The molecule has 8 heteroatoms. The van der Waals surface area contributed by atoms with Crippen LogP contribution in [0.25, 0.3) is 6.08 Å². The van der Waals surface area contributed by atoms with Crippen LogP contribution in [0, 0.1) is 5.82 Å². The standard InChI is InChI=1S/C26H20FN3O3S/c1-17(31)21-9-5-6-10-22(21)28-24(32)16-34-26-29-23(15-18-7-3-2-4-8-18)25(33)30(26)20-13-11-19(27)12-14-20/h2-15H,16H2,1H3,(H,28,32)/b23-15-. The van der Waals surface area contributed by atoms with Gasteiger partial charge in [0.15, 0.2) is 11.0 Å². The lowest BCUT2D eigenvalue weighted by atomic mass is 10.1. The van der Waals surface area contributed by atoms with Crippen molar-refractivity contribution in [3.63, 3.8) is 0 Å². The fraction of sp³-hybridized carbons (Fsp3) is 0.0769. The predicted molar refractivity (Wildman–Crippen MR) is 133 cm³/mol. The first kappa shape index (κ1) is 23.1. The van der Waals surface area contributed by atoms with Crippen LogP contribution in [0.5, 0.6) is 0 Å². The Bertz CT molecular complexity index is 1300. The molecule has 0 spiro atoms. The molecule has 4 rings (SSSR count). The van der Waals surface area contributed by atoms with Gasteiger partial charge in [-0.3, -0.25) is 19.3 Å². The average Bonchev–Trinajstić information content (AvgIpc) is 3.14. The van der Waals surface area contributed by atoms with Crippen LogP contribution in [0.1, 0.15) is 22.8 Å². The van der Waals surface area contributed by atoms with Gasteiger partial charge >= 0.3 is 0 Å². The fourth-order valence-electron chi connectivity index (χ4n) is 3.33. The normalized spacial score (nSPS) is 14.3. The Morgan fingerprint density at radius 1 is 1.00 bits per heavy atom. The van der Waals surface area contributed by atoms with Crippen LogP contribution in [-0.2, 0) is 9.59 Å². The monoisotopic (exact) mass is 473 g/mol. The quantitative estimate of drug-likeness (QED) is 0.397. The first-order chi connectivity index (χ1) is 16.4. The van der Waals surface area contributed by atoms with Crippen LogP contribution in [0.15, 0.2) is 89.6 Å². The summed E-state index contributed by atoms with van der Waals surface area (Å²) in [4.78, 5) is 43.4. The molecule has 0 atom stereocenters.